The number of aromatic nitrogens is 2. The molecule has 1 aromatic carbocycles. The minimum atomic E-state index is -0.266. The summed E-state index contributed by atoms with van der Waals surface area (Å²) in [6, 6.07) is 12.5. The number of rotatable bonds is 7. The fourth-order valence-electron chi connectivity index (χ4n) is 4.59. The number of nitrogens with two attached hydrogens (primary N) is 1. The Morgan fingerprint density at radius 1 is 1.31 bits per heavy atom. The van der Waals surface area contributed by atoms with Crippen molar-refractivity contribution in [3.05, 3.63) is 71.9 Å². The molecule has 7 heteroatoms. The maximum absolute atomic E-state index is 13.4. The molecule has 3 aromatic rings. The summed E-state index contributed by atoms with van der Waals surface area (Å²) in [4.78, 5) is 19.4. The third-order valence-electron chi connectivity index (χ3n) is 6.21. The summed E-state index contributed by atoms with van der Waals surface area (Å²) in [5, 5.41) is 7.45. The van der Waals surface area contributed by atoms with Crippen LogP contribution in [0, 0.1) is 17.1 Å². The first kappa shape index (κ1) is 21.7. The van der Waals surface area contributed by atoms with E-state index in [0.717, 1.165) is 36.1 Å². The highest BCUT2D eigenvalue weighted by Gasteiger charge is 2.32. The second-order valence-corrected chi connectivity index (χ2v) is 8.46. The van der Waals surface area contributed by atoms with Gasteiger partial charge in [-0.3, -0.25) is 4.79 Å². The molecule has 1 fully saturated rings. The van der Waals surface area contributed by atoms with Gasteiger partial charge in [0.15, 0.2) is 0 Å². The first-order chi connectivity index (χ1) is 15.5. The zero-order valence-electron chi connectivity index (χ0n) is 18.2. The Morgan fingerprint density at radius 2 is 2.16 bits per heavy atom. The van der Waals surface area contributed by atoms with Crippen molar-refractivity contribution in [2.24, 2.45) is 11.7 Å². The van der Waals surface area contributed by atoms with Gasteiger partial charge in [0, 0.05) is 49.7 Å². The Labute approximate surface area is 187 Å². The van der Waals surface area contributed by atoms with E-state index >= 15 is 0 Å². The van der Waals surface area contributed by atoms with E-state index in [9.17, 15) is 9.18 Å². The number of nitrogens with one attached hydrogen (secondary N) is 1. The van der Waals surface area contributed by atoms with Crippen LogP contribution in [0.25, 0.3) is 16.6 Å². The Morgan fingerprint density at radius 3 is 2.91 bits per heavy atom. The predicted molar refractivity (Wildman–Crippen MR) is 125 cm³/mol. The molecule has 1 saturated heterocycles. The molecular formula is C25H28FN5O. The zero-order valence-corrected chi connectivity index (χ0v) is 18.2. The third kappa shape index (κ3) is 4.56. The molecule has 32 heavy (non-hydrogen) atoms. The predicted octanol–water partition coefficient (Wildman–Crippen LogP) is 3.99. The standard InChI is InChI=1S/C25H28FN5O/c1-17-11-19(16-31(17)25(32)8-5-18-3-2-4-21(26)12-18)15-30-10-9-23-24(30)7-6-22(29-23)20(13-27)14-28/h2-4,6-7,9-10,12-14,17,19,27H,5,8,11,15-16,28H2,1H3/b20-14+,27-13?. The lowest BCUT2D eigenvalue weighted by Gasteiger charge is -2.21. The number of amides is 1. The number of benzene rings is 1. The minimum absolute atomic E-state index is 0.126. The molecule has 1 aliphatic rings. The van der Waals surface area contributed by atoms with Crippen LogP contribution in [0.3, 0.4) is 0 Å². The number of nitrogens with zero attached hydrogens (tertiary/aromatic N) is 3. The summed E-state index contributed by atoms with van der Waals surface area (Å²) in [7, 11) is 0. The first-order valence-corrected chi connectivity index (χ1v) is 10.9. The summed E-state index contributed by atoms with van der Waals surface area (Å²) in [6.45, 7) is 3.63. The van der Waals surface area contributed by atoms with E-state index in [1.54, 1.807) is 6.07 Å². The van der Waals surface area contributed by atoms with Gasteiger partial charge in [-0.05, 0) is 61.6 Å². The zero-order chi connectivity index (χ0) is 22.7. The Bertz CT molecular complexity index is 1170. The highest BCUT2D eigenvalue weighted by molar-refractivity contribution is 6.07. The monoisotopic (exact) mass is 433 g/mol. The summed E-state index contributed by atoms with van der Waals surface area (Å²) in [5.41, 5.74) is 9.57. The van der Waals surface area contributed by atoms with Crippen molar-refractivity contribution in [1.29, 1.82) is 5.41 Å². The summed E-state index contributed by atoms with van der Waals surface area (Å²) < 4.78 is 15.6. The van der Waals surface area contributed by atoms with Gasteiger partial charge >= 0.3 is 0 Å². The fraction of sp³-hybridized carbons (Fsp3) is 0.320. The van der Waals surface area contributed by atoms with Crippen LogP contribution in [0.2, 0.25) is 0 Å². The lowest BCUT2D eigenvalue weighted by atomic mass is 10.1. The number of carbonyl (C=O) groups excluding carboxylic acids is 1. The van der Waals surface area contributed by atoms with Crippen LogP contribution < -0.4 is 5.73 Å². The van der Waals surface area contributed by atoms with Gasteiger partial charge < -0.3 is 20.6 Å². The molecule has 0 aliphatic carbocycles. The van der Waals surface area contributed by atoms with Crippen LogP contribution in [-0.4, -0.2) is 39.2 Å². The van der Waals surface area contributed by atoms with Crippen molar-refractivity contribution in [1.82, 2.24) is 14.5 Å². The quantitative estimate of drug-likeness (QED) is 0.552. The van der Waals surface area contributed by atoms with Crippen LogP contribution in [0.5, 0.6) is 0 Å². The van der Waals surface area contributed by atoms with Crippen LogP contribution in [0.4, 0.5) is 4.39 Å². The topological polar surface area (TPSA) is 88.0 Å². The van der Waals surface area contributed by atoms with Gasteiger partial charge in [0.05, 0.1) is 16.7 Å². The molecule has 0 spiro atoms. The smallest absolute Gasteiger partial charge is 0.223 e. The summed E-state index contributed by atoms with van der Waals surface area (Å²) in [6.07, 6.45) is 6.50. The summed E-state index contributed by atoms with van der Waals surface area (Å²) in [5.74, 6) is 0.221. The van der Waals surface area contributed by atoms with E-state index in [1.165, 1.54) is 24.5 Å². The number of allylic oxidation sites excluding steroid dienone is 1. The van der Waals surface area contributed by atoms with Crippen LogP contribution >= 0.6 is 0 Å². The van der Waals surface area contributed by atoms with E-state index in [4.69, 9.17) is 11.1 Å². The van der Waals surface area contributed by atoms with Crippen molar-refractivity contribution in [3.63, 3.8) is 0 Å². The Hall–Kier alpha value is -3.48. The highest BCUT2D eigenvalue weighted by atomic mass is 19.1. The second-order valence-electron chi connectivity index (χ2n) is 8.46. The number of pyridine rings is 1. The van der Waals surface area contributed by atoms with Gasteiger partial charge in [0.2, 0.25) is 5.91 Å². The van der Waals surface area contributed by atoms with E-state index in [1.807, 2.05) is 35.4 Å². The van der Waals surface area contributed by atoms with E-state index in [2.05, 4.69) is 16.5 Å². The fourth-order valence-corrected chi connectivity index (χ4v) is 4.59. The first-order valence-electron chi connectivity index (χ1n) is 10.9. The summed E-state index contributed by atoms with van der Waals surface area (Å²) >= 11 is 0. The Balaban J connectivity index is 1.40. The molecule has 0 radical (unpaired) electrons. The average molecular weight is 434 g/mol. The van der Waals surface area contributed by atoms with Crippen LogP contribution in [0.15, 0.2) is 54.9 Å². The number of fused-ring (bicyclic) bond motifs is 1. The van der Waals surface area contributed by atoms with Crippen molar-refractivity contribution < 1.29 is 9.18 Å². The number of halogens is 1. The molecule has 2 aromatic heterocycles. The van der Waals surface area contributed by atoms with Gasteiger partial charge in [-0.25, -0.2) is 9.37 Å². The second kappa shape index (κ2) is 9.34. The molecule has 2 unspecified atom stereocenters. The third-order valence-corrected chi connectivity index (χ3v) is 6.21. The molecular weight excluding hydrogens is 405 g/mol. The van der Waals surface area contributed by atoms with E-state index < -0.39 is 0 Å². The SMILES string of the molecule is CC1CC(Cn2ccc3nc(/C(C=N)=C/N)ccc32)CN1C(=O)CCc1cccc(F)c1. The molecule has 166 valence electrons. The molecule has 1 amide bonds. The maximum Gasteiger partial charge on any atom is 0.223 e. The van der Waals surface area contributed by atoms with Crippen molar-refractivity contribution in [2.45, 2.75) is 38.8 Å². The minimum Gasteiger partial charge on any atom is -0.404 e. The molecule has 3 N–H and O–H groups in total. The van der Waals surface area contributed by atoms with Gasteiger partial charge in [-0.1, -0.05) is 12.1 Å². The van der Waals surface area contributed by atoms with Gasteiger partial charge in [-0.15, -0.1) is 0 Å². The number of hydrogen-bond donors (Lipinski definition) is 2. The van der Waals surface area contributed by atoms with Crippen LogP contribution in [0.1, 0.15) is 31.0 Å². The molecule has 0 bridgehead atoms. The average Bonchev–Trinajstić information content (AvgIpc) is 3.36. The lowest BCUT2D eigenvalue weighted by molar-refractivity contribution is -0.131. The maximum atomic E-state index is 13.4. The number of likely N-dealkylation sites (tertiary alicyclic amines) is 1. The molecule has 1 aliphatic heterocycles. The normalized spacial score (nSPS) is 18.9. The molecule has 3 heterocycles. The molecule has 6 nitrogen and oxygen atoms in total. The lowest BCUT2D eigenvalue weighted by Crippen LogP contribution is -2.34. The van der Waals surface area contributed by atoms with Crippen molar-refractivity contribution >= 4 is 28.7 Å². The molecule has 2 atom stereocenters. The number of hydrogen-bond acceptors (Lipinski definition) is 4. The largest absolute Gasteiger partial charge is 0.404 e. The number of aryl methyl sites for hydroxylation is 1. The molecule has 4 rings (SSSR count). The Kier molecular flexibility index (Phi) is 6.35. The highest BCUT2D eigenvalue weighted by Crippen LogP contribution is 2.27. The van der Waals surface area contributed by atoms with Crippen LogP contribution in [-0.2, 0) is 17.8 Å². The van der Waals surface area contributed by atoms with Gasteiger partial charge in [0.1, 0.15) is 5.82 Å². The molecule has 0 saturated carbocycles. The van der Waals surface area contributed by atoms with Crippen molar-refractivity contribution in [2.75, 3.05) is 6.54 Å². The number of carbonyl (C=O) groups is 1. The van der Waals surface area contributed by atoms with E-state index in [-0.39, 0.29) is 17.8 Å². The van der Waals surface area contributed by atoms with Gasteiger partial charge in [0.25, 0.3) is 0 Å². The van der Waals surface area contributed by atoms with E-state index in [0.29, 0.717) is 30.0 Å². The van der Waals surface area contributed by atoms with Gasteiger partial charge in [-0.2, -0.15) is 0 Å². The van der Waals surface area contributed by atoms with Crippen molar-refractivity contribution in [3.8, 4) is 0 Å².